The number of nitrogens with zero attached hydrogens (tertiary/aromatic N) is 3. The summed E-state index contributed by atoms with van der Waals surface area (Å²) in [6, 6.07) is 6.75. The van der Waals surface area contributed by atoms with Crippen molar-refractivity contribution in [1.29, 1.82) is 0 Å². The Balaban J connectivity index is 1.76. The Labute approximate surface area is 147 Å². The Morgan fingerprint density at radius 3 is 2.56 bits per heavy atom. The van der Waals surface area contributed by atoms with Crippen LogP contribution in [0, 0.1) is 0 Å². The Kier molecular flexibility index (Phi) is 5.48. The molecule has 0 aliphatic carbocycles. The molecule has 1 unspecified atom stereocenters. The highest BCUT2D eigenvalue weighted by Gasteiger charge is 2.26. The Morgan fingerprint density at radius 2 is 1.92 bits per heavy atom. The first kappa shape index (κ1) is 18.0. The van der Waals surface area contributed by atoms with Crippen LogP contribution in [-0.4, -0.2) is 62.3 Å². The number of aromatic nitrogens is 2. The molecule has 1 saturated heterocycles. The lowest BCUT2D eigenvalue weighted by Crippen LogP contribution is -2.40. The van der Waals surface area contributed by atoms with Gasteiger partial charge in [-0.25, -0.2) is 8.42 Å². The average molecular weight is 366 g/mol. The largest absolute Gasteiger partial charge is 0.379 e. The number of sulfonamides is 1. The van der Waals surface area contributed by atoms with Crippen molar-refractivity contribution < 1.29 is 17.7 Å². The van der Waals surface area contributed by atoms with Gasteiger partial charge in [-0.15, -0.1) is 0 Å². The molecule has 1 N–H and O–H groups in total. The summed E-state index contributed by atoms with van der Waals surface area (Å²) in [5, 5.41) is 7.07. The molecule has 9 heteroatoms. The maximum atomic E-state index is 12.6. The summed E-state index contributed by atoms with van der Waals surface area (Å²) in [6.07, 6.45) is 0.656. The summed E-state index contributed by atoms with van der Waals surface area (Å²) < 4.78 is 37.1. The molecule has 1 aliphatic rings. The Bertz CT molecular complexity index is 798. The van der Waals surface area contributed by atoms with E-state index in [4.69, 9.17) is 9.26 Å². The van der Waals surface area contributed by atoms with Crippen LogP contribution in [0.25, 0.3) is 11.5 Å². The van der Waals surface area contributed by atoms with Gasteiger partial charge in [0.2, 0.25) is 10.0 Å². The smallest absolute Gasteiger partial charge is 0.257 e. The van der Waals surface area contributed by atoms with E-state index in [9.17, 15) is 8.42 Å². The molecule has 0 bridgehead atoms. The Morgan fingerprint density at radius 1 is 1.24 bits per heavy atom. The molecule has 8 nitrogen and oxygen atoms in total. The number of nitrogens with one attached hydrogen (secondary N) is 1. The van der Waals surface area contributed by atoms with E-state index in [1.807, 2.05) is 14.0 Å². The fourth-order valence-electron chi connectivity index (χ4n) is 2.54. The van der Waals surface area contributed by atoms with Crippen LogP contribution in [-0.2, 0) is 21.2 Å². The van der Waals surface area contributed by atoms with Gasteiger partial charge in [-0.2, -0.15) is 9.29 Å². The van der Waals surface area contributed by atoms with Gasteiger partial charge in [-0.3, -0.25) is 0 Å². The van der Waals surface area contributed by atoms with Gasteiger partial charge in [0, 0.05) is 31.1 Å². The van der Waals surface area contributed by atoms with Gasteiger partial charge in [0.15, 0.2) is 5.82 Å². The number of likely N-dealkylation sites (N-methyl/N-ethyl adjacent to an activating group) is 1. The van der Waals surface area contributed by atoms with Crippen LogP contribution >= 0.6 is 0 Å². The van der Waals surface area contributed by atoms with E-state index in [1.165, 1.54) is 4.31 Å². The molecule has 1 atom stereocenters. The van der Waals surface area contributed by atoms with E-state index in [0.29, 0.717) is 50.0 Å². The molecule has 0 amide bonds. The fraction of sp³-hybridized carbons (Fsp3) is 0.500. The zero-order valence-electron chi connectivity index (χ0n) is 14.3. The SMILES string of the molecule is CNC(C)Cc1noc(-c2ccc(S(=O)(=O)N3CCOCC3)cc2)n1. The van der Waals surface area contributed by atoms with E-state index >= 15 is 0 Å². The maximum absolute atomic E-state index is 12.6. The molecule has 1 aliphatic heterocycles. The number of morpholine rings is 1. The van der Waals surface area contributed by atoms with Crippen molar-refractivity contribution in [2.45, 2.75) is 24.3 Å². The summed E-state index contributed by atoms with van der Waals surface area (Å²) in [5.74, 6) is 0.996. The van der Waals surface area contributed by atoms with Crippen LogP contribution in [0.15, 0.2) is 33.7 Å². The Hall–Kier alpha value is -1.81. The van der Waals surface area contributed by atoms with Crippen molar-refractivity contribution in [2.24, 2.45) is 0 Å². The monoisotopic (exact) mass is 366 g/mol. The standard InChI is InChI=1S/C16H22N4O4S/c1-12(17-2)11-15-18-16(24-19-15)13-3-5-14(6-4-13)25(21,22)20-7-9-23-10-8-20/h3-6,12,17H,7-11H2,1-2H3. The third-order valence-electron chi connectivity index (χ3n) is 4.16. The summed E-state index contributed by atoms with van der Waals surface area (Å²) >= 11 is 0. The molecule has 1 fully saturated rings. The van der Waals surface area contributed by atoms with Crippen molar-refractivity contribution >= 4 is 10.0 Å². The zero-order valence-corrected chi connectivity index (χ0v) is 15.1. The average Bonchev–Trinajstić information content (AvgIpc) is 3.11. The maximum Gasteiger partial charge on any atom is 0.257 e. The molecule has 136 valence electrons. The molecule has 1 aromatic heterocycles. The molecular weight excluding hydrogens is 344 g/mol. The third kappa shape index (κ3) is 4.06. The molecule has 25 heavy (non-hydrogen) atoms. The summed E-state index contributed by atoms with van der Waals surface area (Å²) in [4.78, 5) is 4.61. The van der Waals surface area contributed by atoms with E-state index in [-0.39, 0.29) is 10.9 Å². The highest BCUT2D eigenvalue weighted by Crippen LogP contribution is 2.22. The highest BCUT2D eigenvalue weighted by molar-refractivity contribution is 7.89. The lowest BCUT2D eigenvalue weighted by Gasteiger charge is -2.26. The van der Waals surface area contributed by atoms with Gasteiger partial charge in [0.1, 0.15) is 0 Å². The number of benzene rings is 1. The summed E-state index contributed by atoms with van der Waals surface area (Å²) in [5.41, 5.74) is 0.691. The van der Waals surface area contributed by atoms with Gasteiger partial charge >= 0.3 is 0 Å². The van der Waals surface area contributed by atoms with Crippen LogP contribution in [0.2, 0.25) is 0 Å². The second-order valence-corrected chi connectivity index (χ2v) is 7.89. The molecule has 0 saturated carbocycles. The molecular formula is C16H22N4O4S. The van der Waals surface area contributed by atoms with E-state index in [1.54, 1.807) is 24.3 Å². The van der Waals surface area contributed by atoms with E-state index in [0.717, 1.165) is 0 Å². The van der Waals surface area contributed by atoms with Crippen molar-refractivity contribution in [3.8, 4) is 11.5 Å². The van der Waals surface area contributed by atoms with Crippen LogP contribution in [0.1, 0.15) is 12.7 Å². The molecule has 3 rings (SSSR count). The van der Waals surface area contributed by atoms with Crippen molar-refractivity contribution in [2.75, 3.05) is 33.4 Å². The highest BCUT2D eigenvalue weighted by atomic mass is 32.2. The molecule has 0 spiro atoms. The minimum absolute atomic E-state index is 0.242. The van der Waals surface area contributed by atoms with Crippen molar-refractivity contribution in [3.63, 3.8) is 0 Å². The predicted octanol–water partition coefficient (Wildman–Crippen LogP) is 0.908. The second-order valence-electron chi connectivity index (χ2n) is 5.95. The third-order valence-corrected chi connectivity index (χ3v) is 6.07. The van der Waals surface area contributed by atoms with Crippen LogP contribution in [0.4, 0.5) is 0 Å². The first-order valence-electron chi connectivity index (χ1n) is 8.19. The quantitative estimate of drug-likeness (QED) is 0.811. The van der Waals surface area contributed by atoms with Crippen LogP contribution in [0.5, 0.6) is 0 Å². The van der Waals surface area contributed by atoms with Crippen LogP contribution in [0.3, 0.4) is 0 Å². The van der Waals surface area contributed by atoms with Crippen LogP contribution < -0.4 is 5.32 Å². The van der Waals surface area contributed by atoms with Gasteiger partial charge in [-0.1, -0.05) is 5.16 Å². The van der Waals surface area contributed by atoms with Gasteiger partial charge in [0.25, 0.3) is 5.89 Å². The lowest BCUT2D eigenvalue weighted by atomic mass is 10.2. The second kappa shape index (κ2) is 7.61. The van der Waals surface area contributed by atoms with Gasteiger partial charge in [-0.05, 0) is 38.2 Å². The minimum atomic E-state index is -3.50. The number of hydrogen-bond donors (Lipinski definition) is 1. The van der Waals surface area contributed by atoms with Crippen molar-refractivity contribution in [3.05, 3.63) is 30.1 Å². The molecule has 1 aromatic carbocycles. The minimum Gasteiger partial charge on any atom is -0.379 e. The molecule has 2 heterocycles. The first-order valence-corrected chi connectivity index (χ1v) is 9.63. The van der Waals surface area contributed by atoms with Gasteiger partial charge in [0.05, 0.1) is 18.1 Å². The number of hydrogen-bond acceptors (Lipinski definition) is 7. The molecule has 2 aromatic rings. The van der Waals surface area contributed by atoms with E-state index < -0.39 is 10.0 Å². The van der Waals surface area contributed by atoms with E-state index in [2.05, 4.69) is 15.5 Å². The lowest BCUT2D eigenvalue weighted by molar-refractivity contribution is 0.0730. The topological polar surface area (TPSA) is 97.6 Å². The number of rotatable bonds is 6. The van der Waals surface area contributed by atoms with Crippen molar-refractivity contribution in [1.82, 2.24) is 19.8 Å². The van der Waals surface area contributed by atoms with Gasteiger partial charge < -0.3 is 14.6 Å². The summed E-state index contributed by atoms with van der Waals surface area (Å²) in [7, 11) is -1.62. The predicted molar refractivity (Wildman–Crippen MR) is 91.5 cm³/mol. The normalized spacial score (nSPS) is 17.5. The zero-order chi connectivity index (χ0) is 17.9. The fourth-order valence-corrected chi connectivity index (χ4v) is 3.94. The molecule has 0 radical (unpaired) electrons. The number of ether oxygens (including phenoxy) is 1. The summed E-state index contributed by atoms with van der Waals surface area (Å²) in [6.45, 7) is 3.63. The first-order chi connectivity index (χ1) is 12.0.